The molecule has 0 amide bonds. The number of benzene rings is 8. The minimum atomic E-state index is 0.585. The molecule has 11 rings (SSSR count). The van der Waals surface area contributed by atoms with Crippen LogP contribution in [0.5, 0.6) is 0 Å². The summed E-state index contributed by atoms with van der Waals surface area (Å²) in [5, 5.41) is 4.77. The van der Waals surface area contributed by atoms with Crippen LogP contribution in [0, 0.1) is 0 Å². The molecular formula is C51H33N5. The molecule has 5 nitrogen and oxygen atoms in total. The van der Waals surface area contributed by atoms with Gasteiger partial charge >= 0.3 is 0 Å². The molecule has 0 unspecified atom stereocenters. The molecule has 0 aliphatic carbocycles. The smallest absolute Gasteiger partial charge is 0.238 e. The average Bonchev–Trinajstić information content (AvgIpc) is 3.80. The van der Waals surface area contributed by atoms with Crippen LogP contribution in [0.25, 0.3) is 100 Å². The summed E-state index contributed by atoms with van der Waals surface area (Å²) < 4.78 is 4.55. The third-order valence-electron chi connectivity index (χ3n) is 10.8. The molecule has 3 heterocycles. The summed E-state index contributed by atoms with van der Waals surface area (Å²) in [5.41, 5.74) is 12.2. The standard InChI is InChI=1S/C51H33N5/c1-4-16-34(17-5-1)49-52-50(35-18-6-2-7-19-35)54-51(53-49)56-44-27-12-10-24-41(44)43-33-37(30-31-46(43)56)36-20-14-21-38(32-36)40-26-15-29-47-48(40)42-25-11-13-28-45(42)55(47)39-22-8-3-9-23-39/h1-33H. The fraction of sp³-hybridized carbons (Fsp3) is 0. The van der Waals surface area contributed by atoms with E-state index in [0.29, 0.717) is 17.6 Å². The Balaban J connectivity index is 1.07. The third-order valence-corrected chi connectivity index (χ3v) is 10.8. The Bertz CT molecular complexity index is 3180. The van der Waals surface area contributed by atoms with E-state index in [-0.39, 0.29) is 0 Å². The number of nitrogens with zero attached hydrogens (tertiary/aromatic N) is 5. The molecule has 11 aromatic rings. The lowest BCUT2D eigenvalue weighted by Crippen LogP contribution is -2.06. The zero-order valence-electron chi connectivity index (χ0n) is 30.3. The molecule has 0 bridgehead atoms. The molecule has 262 valence electrons. The highest BCUT2D eigenvalue weighted by atomic mass is 15.2. The fourth-order valence-corrected chi connectivity index (χ4v) is 8.25. The molecule has 0 saturated heterocycles. The van der Waals surface area contributed by atoms with Crippen molar-refractivity contribution >= 4 is 43.6 Å². The monoisotopic (exact) mass is 715 g/mol. The summed E-state index contributed by atoms with van der Waals surface area (Å²) in [6.45, 7) is 0. The van der Waals surface area contributed by atoms with Crippen LogP contribution in [0.2, 0.25) is 0 Å². The molecule has 0 radical (unpaired) electrons. The van der Waals surface area contributed by atoms with Gasteiger partial charge in [-0.05, 0) is 70.8 Å². The first-order chi connectivity index (χ1) is 27.8. The molecule has 0 atom stereocenters. The van der Waals surface area contributed by atoms with Gasteiger partial charge in [-0.2, -0.15) is 9.97 Å². The predicted octanol–water partition coefficient (Wildman–Crippen LogP) is 12.7. The largest absolute Gasteiger partial charge is 0.309 e. The highest BCUT2D eigenvalue weighted by Gasteiger charge is 2.19. The Morgan fingerprint density at radius 1 is 0.304 bits per heavy atom. The molecule has 0 aliphatic rings. The normalized spacial score (nSPS) is 11.6. The number of aromatic nitrogens is 5. The van der Waals surface area contributed by atoms with E-state index < -0.39 is 0 Å². The van der Waals surface area contributed by atoms with Crippen LogP contribution in [-0.2, 0) is 0 Å². The lowest BCUT2D eigenvalue weighted by Gasteiger charge is -2.11. The van der Waals surface area contributed by atoms with Crippen LogP contribution in [-0.4, -0.2) is 24.1 Å². The molecule has 0 aliphatic heterocycles. The van der Waals surface area contributed by atoms with Crippen molar-refractivity contribution in [1.82, 2.24) is 24.1 Å². The van der Waals surface area contributed by atoms with Gasteiger partial charge in [0.15, 0.2) is 11.6 Å². The second-order valence-corrected chi connectivity index (χ2v) is 14.1. The van der Waals surface area contributed by atoms with Gasteiger partial charge in [0.25, 0.3) is 0 Å². The van der Waals surface area contributed by atoms with Crippen LogP contribution in [0.15, 0.2) is 200 Å². The maximum absolute atomic E-state index is 5.10. The van der Waals surface area contributed by atoms with Crippen molar-refractivity contribution in [3.05, 3.63) is 200 Å². The van der Waals surface area contributed by atoms with Crippen LogP contribution < -0.4 is 0 Å². The van der Waals surface area contributed by atoms with E-state index in [1.807, 2.05) is 60.7 Å². The number of para-hydroxylation sites is 3. The zero-order valence-corrected chi connectivity index (χ0v) is 30.3. The number of rotatable bonds is 6. The molecule has 8 aromatic carbocycles. The molecule has 0 fully saturated rings. The molecule has 3 aromatic heterocycles. The number of hydrogen-bond donors (Lipinski definition) is 0. The van der Waals surface area contributed by atoms with Gasteiger partial charge in [-0.25, -0.2) is 4.98 Å². The topological polar surface area (TPSA) is 48.5 Å². The summed E-state index contributed by atoms with van der Waals surface area (Å²) in [4.78, 5) is 15.2. The Morgan fingerprint density at radius 3 is 1.54 bits per heavy atom. The van der Waals surface area contributed by atoms with Crippen molar-refractivity contribution in [2.24, 2.45) is 0 Å². The van der Waals surface area contributed by atoms with Crippen LogP contribution in [0.3, 0.4) is 0 Å². The maximum Gasteiger partial charge on any atom is 0.238 e. The van der Waals surface area contributed by atoms with Crippen LogP contribution >= 0.6 is 0 Å². The van der Waals surface area contributed by atoms with Gasteiger partial charge in [-0.3, -0.25) is 4.57 Å². The first kappa shape index (κ1) is 31.9. The van der Waals surface area contributed by atoms with E-state index >= 15 is 0 Å². The average molecular weight is 716 g/mol. The minimum absolute atomic E-state index is 0.585. The molecular weight excluding hydrogens is 683 g/mol. The van der Waals surface area contributed by atoms with Gasteiger partial charge in [0.05, 0.1) is 22.1 Å². The summed E-state index contributed by atoms with van der Waals surface area (Å²) in [6, 6.07) is 70.5. The van der Waals surface area contributed by atoms with Crippen molar-refractivity contribution in [2.45, 2.75) is 0 Å². The summed E-state index contributed by atoms with van der Waals surface area (Å²) in [6.07, 6.45) is 0. The lowest BCUT2D eigenvalue weighted by atomic mass is 9.95. The van der Waals surface area contributed by atoms with E-state index in [1.165, 1.54) is 32.9 Å². The van der Waals surface area contributed by atoms with Gasteiger partial charge in [0.2, 0.25) is 5.95 Å². The van der Waals surface area contributed by atoms with Crippen LogP contribution in [0.1, 0.15) is 0 Å². The molecule has 0 saturated carbocycles. The quantitative estimate of drug-likeness (QED) is 0.172. The van der Waals surface area contributed by atoms with E-state index in [0.717, 1.165) is 49.7 Å². The minimum Gasteiger partial charge on any atom is -0.309 e. The van der Waals surface area contributed by atoms with Crippen molar-refractivity contribution in [2.75, 3.05) is 0 Å². The van der Waals surface area contributed by atoms with Crippen molar-refractivity contribution < 1.29 is 0 Å². The Hall–Kier alpha value is -7.63. The molecule has 5 heteroatoms. The molecule has 0 N–H and O–H groups in total. The van der Waals surface area contributed by atoms with E-state index in [2.05, 4.69) is 149 Å². The first-order valence-electron chi connectivity index (χ1n) is 18.9. The van der Waals surface area contributed by atoms with Gasteiger partial charge < -0.3 is 4.57 Å². The third kappa shape index (κ3) is 5.21. The Morgan fingerprint density at radius 2 is 0.821 bits per heavy atom. The number of fused-ring (bicyclic) bond motifs is 6. The zero-order chi connectivity index (χ0) is 37.0. The first-order valence-corrected chi connectivity index (χ1v) is 18.9. The van der Waals surface area contributed by atoms with Gasteiger partial charge in [-0.1, -0.05) is 152 Å². The SMILES string of the molecule is c1ccc(-c2nc(-c3ccccc3)nc(-n3c4ccccc4c4cc(-c5cccc(-c6cccc7c6c6ccccc6n7-c6ccccc6)c5)ccc43)n2)cc1. The van der Waals surface area contributed by atoms with E-state index in [1.54, 1.807) is 0 Å². The van der Waals surface area contributed by atoms with Crippen molar-refractivity contribution in [3.63, 3.8) is 0 Å². The Labute approximate surface area is 323 Å². The predicted molar refractivity (Wildman–Crippen MR) is 230 cm³/mol. The van der Waals surface area contributed by atoms with Crippen molar-refractivity contribution in [3.8, 4) is 56.7 Å². The van der Waals surface area contributed by atoms with E-state index in [9.17, 15) is 0 Å². The molecule has 56 heavy (non-hydrogen) atoms. The summed E-state index contributed by atoms with van der Waals surface area (Å²) in [5.74, 6) is 1.85. The number of hydrogen-bond acceptors (Lipinski definition) is 3. The second kappa shape index (κ2) is 13.0. The summed E-state index contributed by atoms with van der Waals surface area (Å²) >= 11 is 0. The van der Waals surface area contributed by atoms with Gasteiger partial charge in [0, 0.05) is 38.4 Å². The fourth-order valence-electron chi connectivity index (χ4n) is 8.25. The van der Waals surface area contributed by atoms with E-state index in [4.69, 9.17) is 15.0 Å². The summed E-state index contributed by atoms with van der Waals surface area (Å²) in [7, 11) is 0. The van der Waals surface area contributed by atoms with Crippen LogP contribution in [0.4, 0.5) is 0 Å². The maximum atomic E-state index is 5.10. The Kier molecular flexibility index (Phi) is 7.42. The van der Waals surface area contributed by atoms with Gasteiger partial charge in [-0.15, -0.1) is 0 Å². The van der Waals surface area contributed by atoms with Crippen molar-refractivity contribution in [1.29, 1.82) is 0 Å². The lowest BCUT2D eigenvalue weighted by molar-refractivity contribution is 0.953. The molecule has 0 spiro atoms. The highest BCUT2D eigenvalue weighted by Crippen LogP contribution is 2.40. The second-order valence-electron chi connectivity index (χ2n) is 14.1. The highest BCUT2D eigenvalue weighted by molar-refractivity contribution is 6.16. The van der Waals surface area contributed by atoms with Gasteiger partial charge in [0.1, 0.15) is 0 Å².